The minimum atomic E-state index is -0.740. The largest absolute Gasteiger partial charge is 0.388 e. The lowest BCUT2D eigenvalue weighted by Crippen LogP contribution is -2.03. The quantitative estimate of drug-likeness (QED) is 0.869. The SMILES string of the molecule is Cc1ccc(F)cc1CC(O)c1ccc(Cl)c(Cl)c1. The van der Waals surface area contributed by atoms with Crippen molar-refractivity contribution in [2.45, 2.75) is 19.4 Å². The van der Waals surface area contributed by atoms with E-state index in [1.54, 1.807) is 24.3 Å². The molecule has 2 aromatic rings. The van der Waals surface area contributed by atoms with Crippen molar-refractivity contribution in [1.29, 1.82) is 0 Å². The van der Waals surface area contributed by atoms with Crippen LogP contribution >= 0.6 is 23.2 Å². The summed E-state index contributed by atoms with van der Waals surface area (Å²) in [6.07, 6.45) is -0.406. The Labute approximate surface area is 121 Å². The molecular weight excluding hydrogens is 286 g/mol. The van der Waals surface area contributed by atoms with E-state index in [0.717, 1.165) is 11.1 Å². The zero-order valence-corrected chi connectivity index (χ0v) is 11.8. The van der Waals surface area contributed by atoms with Gasteiger partial charge in [0.05, 0.1) is 16.1 Å². The van der Waals surface area contributed by atoms with Gasteiger partial charge in [0.25, 0.3) is 0 Å². The summed E-state index contributed by atoms with van der Waals surface area (Å²) in [5.74, 6) is -0.304. The lowest BCUT2D eigenvalue weighted by atomic mass is 9.98. The minimum Gasteiger partial charge on any atom is -0.388 e. The van der Waals surface area contributed by atoms with Crippen molar-refractivity contribution in [2.24, 2.45) is 0 Å². The van der Waals surface area contributed by atoms with Gasteiger partial charge in [0.15, 0.2) is 0 Å². The van der Waals surface area contributed by atoms with Crippen LogP contribution < -0.4 is 0 Å². The average molecular weight is 299 g/mol. The van der Waals surface area contributed by atoms with Crippen LogP contribution in [0.4, 0.5) is 4.39 Å². The maximum Gasteiger partial charge on any atom is 0.123 e. The van der Waals surface area contributed by atoms with Crippen LogP contribution in [-0.2, 0) is 6.42 Å². The van der Waals surface area contributed by atoms with Crippen LogP contribution in [0.2, 0.25) is 10.0 Å². The summed E-state index contributed by atoms with van der Waals surface area (Å²) in [7, 11) is 0. The van der Waals surface area contributed by atoms with E-state index in [9.17, 15) is 9.50 Å². The fourth-order valence-electron chi connectivity index (χ4n) is 1.91. The molecule has 2 rings (SSSR count). The van der Waals surface area contributed by atoms with Crippen molar-refractivity contribution in [3.63, 3.8) is 0 Å². The Bertz CT molecular complexity index is 599. The van der Waals surface area contributed by atoms with Crippen LogP contribution in [0.3, 0.4) is 0 Å². The monoisotopic (exact) mass is 298 g/mol. The summed E-state index contributed by atoms with van der Waals surface area (Å²) in [5, 5.41) is 11.0. The van der Waals surface area contributed by atoms with Crippen LogP contribution in [0.15, 0.2) is 36.4 Å². The highest BCUT2D eigenvalue weighted by Gasteiger charge is 2.12. The number of hydrogen-bond donors (Lipinski definition) is 1. The second-order valence-corrected chi connectivity index (χ2v) is 5.28. The number of aliphatic hydroxyl groups is 1. The van der Waals surface area contributed by atoms with Crippen LogP contribution in [0.5, 0.6) is 0 Å². The Kier molecular flexibility index (Phi) is 4.46. The summed E-state index contributed by atoms with van der Waals surface area (Å²) >= 11 is 11.7. The number of rotatable bonds is 3. The average Bonchev–Trinajstić information content (AvgIpc) is 2.37. The molecule has 1 N–H and O–H groups in total. The molecule has 0 saturated carbocycles. The number of aryl methyl sites for hydroxylation is 1. The number of benzene rings is 2. The predicted octanol–water partition coefficient (Wildman–Crippen LogP) is 4.72. The summed E-state index contributed by atoms with van der Waals surface area (Å²) in [6, 6.07) is 9.53. The van der Waals surface area contributed by atoms with Gasteiger partial charge in [0, 0.05) is 6.42 Å². The lowest BCUT2D eigenvalue weighted by molar-refractivity contribution is 0.178. The molecule has 2 aromatic carbocycles. The van der Waals surface area contributed by atoms with E-state index in [2.05, 4.69) is 0 Å². The maximum absolute atomic E-state index is 13.2. The van der Waals surface area contributed by atoms with Gasteiger partial charge >= 0.3 is 0 Å². The van der Waals surface area contributed by atoms with Crippen molar-refractivity contribution in [2.75, 3.05) is 0 Å². The summed E-state index contributed by atoms with van der Waals surface area (Å²) < 4.78 is 13.2. The zero-order chi connectivity index (χ0) is 14.0. The lowest BCUT2D eigenvalue weighted by Gasteiger charge is -2.13. The van der Waals surface area contributed by atoms with Crippen molar-refractivity contribution in [3.05, 3.63) is 69.0 Å². The van der Waals surface area contributed by atoms with Crippen LogP contribution in [0, 0.1) is 12.7 Å². The Morgan fingerprint density at radius 3 is 2.53 bits per heavy atom. The highest BCUT2D eigenvalue weighted by molar-refractivity contribution is 6.42. The molecule has 0 fully saturated rings. The molecule has 0 heterocycles. The van der Waals surface area contributed by atoms with Gasteiger partial charge in [-0.05, 0) is 47.9 Å². The number of hydrogen-bond acceptors (Lipinski definition) is 1. The van der Waals surface area contributed by atoms with Gasteiger partial charge in [-0.25, -0.2) is 4.39 Å². The highest BCUT2D eigenvalue weighted by Crippen LogP contribution is 2.27. The van der Waals surface area contributed by atoms with Gasteiger partial charge in [-0.3, -0.25) is 0 Å². The van der Waals surface area contributed by atoms with Gasteiger partial charge in [-0.2, -0.15) is 0 Å². The molecule has 100 valence electrons. The molecular formula is C15H13Cl2FO. The molecule has 1 nitrogen and oxygen atoms in total. The maximum atomic E-state index is 13.2. The molecule has 0 aliphatic carbocycles. The van der Waals surface area contributed by atoms with Gasteiger partial charge in [0.1, 0.15) is 5.82 Å². The van der Waals surface area contributed by atoms with Crippen LogP contribution in [0.25, 0.3) is 0 Å². The minimum absolute atomic E-state index is 0.304. The van der Waals surface area contributed by atoms with E-state index in [0.29, 0.717) is 22.0 Å². The third-order valence-corrected chi connectivity index (χ3v) is 3.79. The zero-order valence-electron chi connectivity index (χ0n) is 10.3. The van der Waals surface area contributed by atoms with E-state index in [1.165, 1.54) is 12.1 Å². The Morgan fingerprint density at radius 1 is 1.11 bits per heavy atom. The highest BCUT2D eigenvalue weighted by atomic mass is 35.5. The van der Waals surface area contributed by atoms with Crippen molar-refractivity contribution >= 4 is 23.2 Å². The number of halogens is 3. The molecule has 0 aliphatic rings. The van der Waals surface area contributed by atoms with Gasteiger partial charge < -0.3 is 5.11 Å². The van der Waals surface area contributed by atoms with Gasteiger partial charge in [0.2, 0.25) is 0 Å². The van der Waals surface area contributed by atoms with Crippen molar-refractivity contribution in [1.82, 2.24) is 0 Å². The third kappa shape index (κ3) is 3.47. The molecule has 0 aliphatic heterocycles. The van der Waals surface area contributed by atoms with Crippen molar-refractivity contribution in [3.8, 4) is 0 Å². The summed E-state index contributed by atoms with van der Waals surface area (Å²) in [6.45, 7) is 1.89. The smallest absolute Gasteiger partial charge is 0.123 e. The predicted molar refractivity (Wildman–Crippen MR) is 76.3 cm³/mol. The first-order valence-corrected chi connectivity index (χ1v) is 6.61. The normalized spacial score (nSPS) is 12.5. The molecule has 0 saturated heterocycles. The summed E-state index contributed by atoms with van der Waals surface area (Å²) in [4.78, 5) is 0. The van der Waals surface area contributed by atoms with Gasteiger partial charge in [-0.1, -0.05) is 35.3 Å². The second-order valence-electron chi connectivity index (χ2n) is 4.46. The third-order valence-electron chi connectivity index (χ3n) is 3.05. The van der Waals surface area contributed by atoms with E-state index in [1.807, 2.05) is 6.92 Å². The Morgan fingerprint density at radius 2 is 1.84 bits per heavy atom. The second kappa shape index (κ2) is 5.91. The van der Waals surface area contributed by atoms with Crippen molar-refractivity contribution < 1.29 is 9.50 Å². The van der Waals surface area contributed by atoms with E-state index in [4.69, 9.17) is 23.2 Å². The molecule has 0 radical (unpaired) electrons. The fraction of sp³-hybridized carbons (Fsp3) is 0.200. The van der Waals surface area contributed by atoms with E-state index < -0.39 is 6.10 Å². The van der Waals surface area contributed by atoms with Gasteiger partial charge in [-0.15, -0.1) is 0 Å². The molecule has 0 spiro atoms. The van der Waals surface area contributed by atoms with Crippen LogP contribution in [-0.4, -0.2) is 5.11 Å². The fourth-order valence-corrected chi connectivity index (χ4v) is 2.21. The van der Waals surface area contributed by atoms with E-state index in [-0.39, 0.29) is 5.82 Å². The molecule has 19 heavy (non-hydrogen) atoms. The Hall–Kier alpha value is -1.09. The molecule has 0 aromatic heterocycles. The molecule has 1 unspecified atom stereocenters. The summed E-state index contributed by atoms with van der Waals surface area (Å²) in [5.41, 5.74) is 2.39. The molecule has 0 amide bonds. The first-order chi connectivity index (χ1) is 8.97. The standard InChI is InChI=1S/C15H13Cl2FO/c1-9-2-4-12(18)6-11(9)8-15(19)10-3-5-13(16)14(17)7-10/h2-7,15,19H,8H2,1H3. The van der Waals surface area contributed by atoms with E-state index >= 15 is 0 Å². The molecule has 1 atom stereocenters. The van der Waals surface area contributed by atoms with Crippen LogP contribution in [0.1, 0.15) is 22.8 Å². The molecule has 4 heteroatoms. The molecule has 0 bridgehead atoms. The topological polar surface area (TPSA) is 20.2 Å². The first kappa shape index (κ1) is 14.3. The Balaban J connectivity index is 2.22. The first-order valence-electron chi connectivity index (χ1n) is 5.85. The number of aliphatic hydroxyl groups excluding tert-OH is 1.